The second kappa shape index (κ2) is 20.1. The number of hydrogen-bond donors (Lipinski definition) is 2. The molecule has 402 valence electrons. The molecule has 2 aromatic heterocycles. The molecule has 18 heteroatoms. The summed E-state index contributed by atoms with van der Waals surface area (Å²) in [5, 5.41) is 15.2. The predicted molar refractivity (Wildman–Crippen MR) is 281 cm³/mol. The summed E-state index contributed by atoms with van der Waals surface area (Å²) >= 11 is 0. The van der Waals surface area contributed by atoms with Crippen molar-refractivity contribution in [1.29, 1.82) is 0 Å². The van der Waals surface area contributed by atoms with E-state index in [4.69, 9.17) is 28.9 Å². The fourth-order valence-corrected chi connectivity index (χ4v) is 13.2. The molecule has 2 atom stereocenters. The number of rotatable bonds is 15. The highest BCUT2D eigenvalue weighted by Crippen LogP contribution is 2.49. The van der Waals surface area contributed by atoms with Gasteiger partial charge in [-0.25, -0.2) is 8.78 Å². The lowest BCUT2D eigenvalue weighted by Gasteiger charge is -2.54. The number of piperidine rings is 3. The number of ether oxygens (including phenoxy) is 4. The van der Waals surface area contributed by atoms with Crippen LogP contribution in [0.4, 0.5) is 20.3 Å². The molecule has 5 aliphatic heterocycles. The van der Waals surface area contributed by atoms with Gasteiger partial charge in [-0.15, -0.1) is 0 Å². The third-order valence-corrected chi connectivity index (χ3v) is 17.6. The molecule has 5 aromatic rings. The first-order valence-corrected chi connectivity index (χ1v) is 27.4. The zero-order chi connectivity index (χ0) is 52.5. The minimum atomic E-state index is -0.968. The maximum atomic E-state index is 17.4. The third kappa shape index (κ3) is 9.83. The van der Waals surface area contributed by atoms with E-state index in [9.17, 15) is 19.5 Å². The van der Waals surface area contributed by atoms with Crippen molar-refractivity contribution in [3.63, 3.8) is 0 Å². The number of fused-ring (bicyclic) bond motifs is 3. The standard InChI is InChI=1S/C58H68F2N8O8/c1-4-41-45(59)9-6-35-25-40(75-34-73-3)26-43(48(35)41)50-49(60)51-44(27-61-50)52(66-21-5-16-56(2,72)29-66)64-55(63-51)74-33-58(19-20-58)30-65-22-14-39(15-23-65)76-38-12-17-57(18-13-38)31-67(32-57)37-7-8-42-36(24-37)28-68(54(42)71)46-10-11-47(69)62-53(46)70/h6-9,24-27,38-39,46,72H,4-5,10-23,28-34H2,1-3H3,(H,62,69,70)/t46?,56-/m1/s1. The Hall–Kier alpha value is -6.08. The van der Waals surface area contributed by atoms with Crippen LogP contribution in [0.5, 0.6) is 11.8 Å². The number of nitrogens with one attached hydrogen (secondary N) is 1. The first-order valence-electron chi connectivity index (χ1n) is 27.4. The Morgan fingerprint density at radius 3 is 2.38 bits per heavy atom. The summed E-state index contributed by atoms with van der Waals surface area (Å²) in [6.45, 7) is 10.0. The number of nitrogens with zero attached hydrogens (tertiary/aromatic N) is 7. The van der Waals surface area contributed by atoms with Gasteiger partial charge in [-0.2, -0.15) is 9.97 Å². The Morgan fingerprint density at radius 2 is 1.64 bits per heavy atom. The van der Waals surface area contributed by atoms with E-state index in [1.54, 1.807) is 36.2 Å². The largest absolute Gasteiger partial charge is 0.468 e. The fraction of sp³-hybridized carbons (Fsp3) is 0.552. The number of pyridine rings is 1. The smallest absolute Gasteiger partial charge is 0.319 e. The second-order valence-corrected chi connectivity index (χ2v) is 23.2. The Morgan fingerprint density at radius 1 is 0.855 bits per heavy atom. The van der Waals surface area contributed by atoms with Crippen LogP contribution in [0.3, 0.4) is 0 Å². The highest BCUT2D eigenvalue weighted by atomic mass is 19.1. The number of likely N-dealkylation sites (tertiary alicyclic amines) is 1. The number of methoxy groups -OCH3 is 1. The molecule has 3 aromatic carbocycles. The number of aromatic nitrogens is 3. The van der Waals surface area contributed by atoms with Crippen LogP contribution in [0.25, 0.3) is 32.9 Å². The SMILES string of the molecule is CCc1c(F)ccc2cc(OCOC)cc(-c3ncc4c(N5CCC[C@@](C)(O)C5)nc(OCC5(CN6CCC(OC7CCC8(CC7)CN(c7ccc9c(c7)CN(C7CCC(=O)NC7=O)C9=O)C8)CC6)CC5)nc4c3F)c12. The zero-order valence-corrected chi connectivity index (χ0v) is 43.8. The number of halogens is 2. The quantitative estimate of drug-likeness (QED) is 0.0767. The molecule has 2 saturated carbocycles. The number of benzene rings is 3. The number of carbonyl (C=O) groups is 3. The molecule has 16 nitrogen and oxygen atoms in total. The second-order valence-electron chi connectivity index (χ2n) is 23.2. The van der Waals surface area contributed by atoms with Crippen molar-refractivity contribution in [2.75, 3.05) is 76.1 Å². The molecule has 6 fully saturated rings. The fourth-order valence-electron chi connectivity index (χ4n) is 13.2. The summed E-state index contributed by atoms with van der Waals surface area (Å²) in [4.78, 5) is 60.4. The first kappa shape index (κ1) is 50.7. The van der Waals surface area contributed by atoms with Gasteiger partial charge in [-0.3, -0.25) is 24.7 Å². The molecule has 7 aliphatic rings. The average molecular weight is 1040 g/mol. The Labute approximate surface area is 441 Å². The summed E-state index contributed by atoms with van der Waals surface area (Å²) in [6, 6.07) is 12.0. The van der Waals surface area contributed by atoms with Gasteiger partial charge in [-0.1, -0.05) is 13.0 Å². The van der Waals surface area contributed by atoms with Crippen molar-refractivity contribution in [2.45, 2.75) is 128 Å². The van der Waals surface area contributed by atoms with Crippen LogP contribution in [0.2, 0.25) is 0 Å². The summed E-state index contributed by atoms with van der Waals surface area (Å²) in [6.07, 6.45) is 12.7. The lowest BCUT2D eigenvalue weighted by Crippen LogP contribution is -2.58. The minimum absolute atomic E-state index is 0.00234. The molecule has 1 unspecified atom stereocenters. The molecule has 3 amide bonds. The van der Waals surface area contributed by atoms with Crippen molar-refractivity contribution in [3.8, 4) is 23.0 Å². The number of anilines is 2. The molecular weight excluding hydrogens is 975 g/mol. The van der Waals surface area contributed by atoms with E-state index < -0.39 is 23.4 Å². The van der Waals surface area contributed by atoms with Crippen molar-refractivity contribution < 1.29 is 47.2 Å². The number of aryl methyl sites for hydroxylation is 1. The monoisotopic (exact) mass is 1040 g/mol. The van der Waals surface area contributed by atoms with Gasteiger partial charge in [0.1, 0.15) is 34.6 Å². The van der Waals surface area contributed by atoms with Crippen LogP contribution >= 0.6 is 0 Å². The average Bonchev–Trinajstić information content (AvgIpc) is 4.10. The summed E-state index contributed by atoms with van der Waals surface area (Å²) < 4.78 is 57.1. The Bertz CT molecular complexity index is 3090. The van der Waals surface area contributed by atoms with Gasteiger partial charge < -0.3 is 43.7 Å². The maximum Gasteiger partial charge on any atom is 0.319 e. The van der Waals surface area contributed by atoms with Crippen molar-refractivity contribution in [3.05, 3.63) is 77.0 Å². The number of carbonyl (C=O) groups excluding carboxylic acids is 3. The van der Waals surface area contributed by atoms with Gasteiger partial charge in [0.05, 0.1) is 29.8 Å². The molecule has 1 spiro atoms. The molecule has 7 heterocycles. The molecule has 4 saturated heterocycles. The molecule has 0 bridgehead atoms. The lowest BCUT2D eigenvalue weighted by atomic mass is 9.67. The lowest BCUT2D eigenvalue weighted by molar-refractivity contribution is -0.136. The van der Waals surface area contributed by atoms with Crippen LogP contribution in [0, 0.1) is 22.5 Å². The highest BCUT2D eigenvalue weighted by Gasteiger charge is 2.48. The normalized spacial score (nSPS) is 23.8. The van der Waals surface area contributed by atoms with Gasteiger partial charge in [0.2, 0.25) is 11.8 Å². The number of hydrogen-bond acceptors (Lipinski definition) is 14. The topological polar surface area (TPSA) is 172 Å². The van der Waals surface area contributed by atoms with Gasteiger partial charge in [-0.05, 0) is 142 Å². The number of β-amino-alcohol motifs (C(OH)–C–C–N with tert-alkyl or cyclic N) is 1. The van der Waals surface area contributed by atoms with E-state index in [0.717, 1.165) is 102 Å². The van der Waals surface area contributed by atoms with Crippen LogP contribution in [0.1, 0.15) is 112 Å². The van der Waals surface area contributed by atoms with E-state index in [1.165, 1.54) is 13.2 Å². The number of amides is 3. The summed E-state index contributed by atoms with van der Waals surface area (Å²) in [5.41, 5.74) is 2.79. The van der Waals surface area contributed by atoms with Crippen molar-refractivity contribution in [1.82, 2.24) is 30.1 Å². The van der Waals surface area contributed by atoms with E-state index in [2.05, 4.69) is 26.2 Å². The van der Waals surface area contributed by atoms with Gasteiger partial charge >= 0.3 is 6.01 Å². The van der Waals surface area contributed by atoms with Crippen LogP contribution in [-0.4, -0.2) is 138 Å². The zero-order valence-electron chi connectivity index (χ0n) is 43.8. The number of imide groups is 1. The van der Waals surface area contributed by atoms with Crippen LogP contribution in [-0.2, 0) is 32.0 Å². The van der Waals surface area contributed by atoms with Gasteiger partial charge in [0, 0.05) is 99.7 Å². The van der Waals surface area contributed by atoms with Crippen molar-refractivity contribution in [2.24, 2.45) is 10.8 Å². The molecule has 12 rings (SSSR count). The summed E-state index contributed by atoms with van der Waals surface area (Å²) in [5.74, 6) is -1.02. The van der Waals surface area contributed by atoms with Gasteiger partial charge in [0.25, 0.3) is 5.91 Å². The van der Waals surface area contributed by atoms with E-state index in [0.29, 0.717) is 89.9 Å². The predicted octanol–water partition coefficient (Wildman–Crippen LogP) is 7.87. The molecule has 2 N–H and O–H groups in total. The molecule has 76 heavy (non-hydrogen) atoms. The van der Waals surface area contributed by atoms with Gasteiger partial charge in [0.15, 0.2) is 12.6 Å². The Kier molecular flexibility index (Phi) is 13.4. The molecule has 2 aliphatic carbocycles. The minimum Gasteiger partial charge on any atom is -0.468 e. The van der Waals surface area contributed by atoms with E-state index in [-0.39, 0.29) is 71.1 Å². The number of aliphatic hydroxyl groups is 1. The highest BCUT2D eigenvalue weighted by molar-refractivity contribution is 6.06. The molecule has 0 radical (unpaired) electrons. The Balaban J connectivity index is 0.669. The van der Waals surface area contributed by atoms with Crippen LogP contribution in [0.15, 0.2) is 48.7 Å². The molecular formula is C58H68F2N8O8. The van der Waals surface area contributed by atoms with E-state index >= 15 is 8.78 Å². The maximum absolute atomic E-state index is 17.4. The van der Waals surface area contributed by atoms with Crippen molar-refractivity contribution >= 4 is 50.9 Å². The first-order chi connectivity index (χ1) is 36.7. The van der Waals surface area contributed by atoms with E-state index in [1.807, 2.05) is 24.0 Å². The van der Waals surface area contributed by atoms with Crippen LogP contribution < -0.4 is 24.6 Å². The summed E-state index contributed by atoms with van der Waals surface area (Å²) in [7, 11) is 1.52. The third-order valence-electron chi connectivity index (χ3n) is 17.6.